The SMILES string of the molecule is CCOc1cc(OCC)cc(C(=O)NC(=S)Nc2ccc(N3CCN(C(=O)c4cc(Cl)ccc4OC)CC3)cc2)c1. The molecule has 1 saturated heterocycles. The maximum atomic E-state index is 13.1. The Morgan fingerprint density at radius 2 is 1.54 bits per heavy atom. The fourth-order valence-electron chi connectivity index (χ4n) is 4.48. The van der Waals surface area contributed by atoms with Gasteiger partial charge >= 0.3 is 0 Å². The molecule has 1 aliphatic heterocycles. The molecule has 2 N–H and O–H groups in total. The lowest BCUT2D eigenvalue weighted by atomic mass is 10.1. The van der Waals surface area contributed by atoms with Gasteiger partial charge in [-0.3, -0.25) is 14.9 Å². The summed E-state index contributed by atoms with van der Waals surface area (Å²) in [5.41, 5.74) is 2.60. The third kappa shape index (κ3) is 7.80. The standard InChI is InChI=1S/C30H33ClN4O5S/c1-4-39-24-16-20(17-25(19-24)40-5-2)28(36)33-30(41)32-22-7-9-23(10-8-22)34-12-14-35(15-13-34)29(37)26-18-21(31)6-11-27(26)38-3/h6-11,16-19H,4-5,12-15H2,1-3H3,(H2,32,33,36,41). The summed E-state index contributed by atoms with van der Waals surface area (Å²) < 4.78 is 16.5. The number of hydrogen-bond acceptors (Lipinski definition) is 7. The van der Waals surface area contributed by atoms with Gasteiger partial charge in [-0.15, -0.1) is 0 Å². The molecule has 3 aromatic carbocycles. The van der Waals surface area contributed by atoms with Crippen LogP contribution in [-0.2, 0) is 0 Å². The monoisotopic (exact) mass is 596 g/mol. The van der Waals surface area contributed by atoms with E-state index in [9.17, 15) is 9.59 Å². The van der Waals surface area contributed by atoms with E-state index in [4.69, 9.17) is 38.0 Å². The number of thiocarbonyl (C=S) groups is 1. The van der Waals surface area contributed by atoms with Crippen LogP contribution >= 0.6 is 23.8 Å². The molecule has 0 aliphatic carbocycles. The quantitative estimate of drug-likeness (QED) is 0.324. The van der Waals surface area contributed by atoms with Gasteiger partial charge in [-0.1, -0.05) is 11.6 Å². The highest BCUT2D eigenvalue weighted by molar-refractivity contribution is 7.80. The molecule has 0 bridgehead atoms. The number of rotatable bonds is 9. The zero-order valence-electron chi connectivity index (χ0n) is 23.2. The Morgan fingerprint density at radius 3 is 2.12 bits per heavy atom. The van der Waals surface area contributed by atoms with Gasteiger partial charge in [-0.25, -0.2) is 0 Å². The lowest BCUT2D eigenvalue weighted by Gasteiger charge is -2.36. The zero-order chi connectivity index (χ0) is 29.4. The van der Waals surface area contributed by atoms with Gasteiger partial charge in [-0.05, 0) is 80.7 Å². The fourth-order valence-corrected chi connectivity index (χ4v) is 4.86. The van der Waals surface area contributed by atoms with E-state index in [1.54, 1.807) is 36.4 Å². The molecule has 41 heavy (non-hydrogen) atoms. The average Bonchev–Trinajstić information content (AvgIpc) is 2.97. The fraction of sp³-hybridized carbons (Fsp3) is 0.300. The van der Waals surface area contributed by atoms with Gasteiger partial charge in [0.1, 0.15) is 17.2 Å². The molecule has 1 heterocycles. The molecule has 0 atom stereocenters. The molecule has 0 aromatic heterocycles. The van der Waals surface area contributed by atoms with Gasteiger partial charge in [0.25, 0.3) is 11.8 Å². The molecule has 0 radical (unpaired) electrons. The van der Waals surface area contributed by atoms with Gasteiger partial charge in [0.2, 0.25) is 0 Å². The van der Waals surface area contributed by atoms with Crippen molar-refractivity contribution in [1.82, 2.24) is 10.2 Å². The van der Waals surface area contributed by atoms with E-state index in [1.807, 2.05) is 43.0 Å². The Balaban J connectivity index is 1.31. The summed E-state index contributed by atoms with van der Waals surface area (Å²) in [4.78, 5) is 29.9. The second kappa shape index (κ2) is 14.0. The van der Waals surface area contributed by atoms with Gasteiger partial charge in [0, 0.05) is 54.2 Å². The van der Waals surface area contributed by atoms with Crippen LogP contribution in [0.5, 0.6) is 17.2 Å². The van der Waals surface area contributed by atoms with Crippen molar-refractivity contribution in [1.29, 1.82) is 0 Å². The number of amides is 2. The molecule has 0 saturated carbocycles. The van der Waals surface area contributed by atoms with Crippen molar-refractivity contribution in [3.63, 3.8) is 0 Å². The molecular weight excluding hydrogens is 564 g/mol. The molecular formula is C30H33ClN4O5S. The van der Waals surface area contributed by atoms with Crippen molar-refractivity contribution >= 4 is 52.1 Å². The van der Waals surface area contributed by atoms with Crippen molar-refractivity contribution in [2.75, 3.05) is 56.7 Å². The van der Waals surface area contributed by atoms with E-state index in [0.717, 1.165) is 11.4 Å². The molecule has 0 spiro atoms. The molecule has 2 amide bonds. The number of methoxy groups -OCH3 is 1. The number of nitrogens with zero attached hydrogens (tertiary/aromatic N) is 2. The number of carbonyl (C=O) groups excluding carboxylic acids is 2. The highest BCUT2D eigenvalue weighted by Gasteiger charge is 2.25. The summed E-state index contributed by atoms with van der Waals surface area (Å²) in [6, 6.07) is 17.8. The van der Waals surface area contributed by atoms with Crippen LogP contribution in [0, 0.1) is 0 Å². The molecule has 1 aliphatic rings. The first-order chi connectivity index (χ1) is 19.8. The first-order valence-electron chi connectivity index (χ1n) is 13.3. The van der Waals surface area contributed by atoms with Crippen molar-refractivity contribution in [3.8, 4) is 17.2 Å². The molecule has 216 valence electrons. The normalized spacial score (nSPS) is 12.9. The number of ether oxygens (including phenoxy) is 3. The number of benzene rings is 3. The summed E-state index contributed by atoms with van der Waals surface area (Å²) in [5, 5.41) is 6.42. The predicted octanol–water partition coefficient (Wildman–Crippen LogP) is 5.24. The van der Waals surface area contributed by atoms with Gasteiger partial charge in [-0.2, -0.15) is 0 Å². The third-order valence-electron chi connectivity index (χ3n) is 6.44. The van der Waals surface area contributed by atoms with Crippen LogP contribution in [0.4, 0.5) is 11.4 Å². The minimum atomic E-state index is -0.371. The van der Waals surface area contributed by atoms with Crippen LogP contribution in [0.1, 0.15) is 34.6 Å². The topological polar surface area (TPSA) is 92.4 Å². The van der Waals surface area contributed by atoms with Gasteiger partial charge in [0.15, 0.2) is 5.11 Å². The summed E-state index contributed by atoms with van der Waals surface area (Å²) in [7, 11) is 1.54. The van der Waals surface area contributed by atoms with E-state index in [0.29, 0.717) is 72.8 Å². The minimum absolute atomic E-state index is 0.0992. The number of halogens is 1. The lowest BCUT2D eigenvalue weighted by Crippen LogP contribution is -2.48. The number of anilines is 2. The Hall–Kier alpha value is -4.02. The Bertz CT molecular complexity index is 1370. The molecule has 9 nitrogen and oxygen atoms in total. The number of nitrogens with one attached hydrogen (secondary N) is 2. The minimum Gasteiger partial charge on any atom is -0.496 e. The van der Waals surface area contributed by atoms with Crippen LogP contribution in [0.3, 0.4) is 0 Å². The summed E-state index contributed by atoms with van der Waals surface area (Å²) >= 11 is 11.5. The molecule has 0 unspecified atom stereocenters. The molecule has 1 fully saturated rings. The van der Waals surface area contributed by atoms with E-state index in [-0.39, 0.29) is 16.9 Å². The van der Waals surface area contributed by atoms with Crippen LogP contribution in [0.2, 0.25) is 5.02 Å². The van der Waals surface area contributed by atoms with Crippen molar-refractivity contribution in [3.05, 3.63) is 76.8 Å². The van der Waals surface area contributed by atoms with Crippen molar-refractivity contribution in [2.24, 2.45) is 0 Å². The van der Waals surface area contributed by atoms with E-state index < -0.39 is 0 Å². The highest BCUT2D eigenvalue weighted by atomic mass is 35.5. The summed E-state index contributed by atoms with van der Waals surface area (Å²) in [5.74, 6) is 1.13. The van der Waals surface area contributed by atoms with E-state index in [2.05, 4.69) is 15.5 Å². The average molecular weight is 597 g/mol. The largest absolute Gasteiger partial charge is 0.496 e. The smallest absolute Gasteiger partial charge is 0.257 e. The highest BCUT2D eigenvalue weighted by Crippen LogP contribution is 2.26. The van der Waals surface area contributed by atoms with Crippen LogP contribution in [0.15, 0.2) is 60.7 Å². The second-order valence-electron chi connectivity index (χ2n) is 9.14. The van der Waals surface area contributed by atoms with Crippen LogP contribution in [-0.4, -0.2) is 68.3 Å². The van der Waals surface area contributed by atoms with Crippen molar-refractivity contribution in [2.45, 2.75) is 13.8 Å². The first-order valence-corrected chi connectivity index (χ1v) is 14.1. The lowest BCUT2D eigenvalue weighted by molar-refractivity contribution is 0.0743. The van der Waals surface area contributed by atoms with Crippen molar-refractivity contribution < 1.29 is 23.8 Å². The van der Waals surface area contributed by atoms with E-state index >= 15 is 0 Å². The summed E-state index contributed by atoms with van der Waals surface area (Å²) in [6.45, 7) is 7.19. The van der Waals surface area contributed by atoms with Crippen LogP contribution < -0.4 is 29.7 Å². The van der Waals surface area contributed by atoms with Crippen LogP contribution in [0.25, 0.3) is 0 Å². The second-order valence-corrected chi connectivity index (χ2v) is 9.98. The number of piperazine rings is 1. The maximum Gasteiger partial charge on any atom is 0.257 e. The number of hydrogen-bond donors (Lipinski definition) is 2. The zero-order valence-corrected chi connectivity index (χ0v) is 24.8. The Labute approximate surface area is 250 Å². The summed E-state index contributed by atoms with van der Waals surface area (Å²) in [6.07, 6.45) is 0. The Kier molecular flexibility index (Phi) is 10.3. The van der Waals surface area contributed by atoms with E-state index in [1.165, 1.54) is 7.11 Å². The molecule has 4 rings (SSSR count). The van der Waals surface area contributed by atoms with Gasteiger partial charge in [0.05, 0.1) is 25.9 Å². The molecule has 11 heteroatoms. The third-order valence-corrected chi connectivity index (χ3v) is 6.88. The van der Waals surface area contributed by atoms with Gasteiger partial charge < -0.3 is 29.3 Å². The maximum absolute atomic E-state index is 13.1. The predicted molar refractivity (Wildman–Crippen MR) is 165 cm³/mol. The first kappa shape index (κ1) is 30.0. The number of carbonyl (C=O) groups is 2. The molecule has 3 aromatic rings. The Morgan fingerprint density at radius 1 is 0.902 bits per heavy atom.